The zero-order valence-corrected chi connectivity index (χ0v) is 17.4. The van der Waals surface area contributed by atoms with Crippen LogP contribution in [0.1, 0.15) is 11.0 Å². The molecule has 6 heteroatoms. The predicted molar refractivity (Wildman–Crippen MR) is 132 cm³/mol. The molecule has 3 aromatic heterocycles. The zero-order chi connectivity index (χ0) is 28.9. The second-order valence-electron chi connectivity index (χ2n) is 7.32. The highest BCUT2D eigenvalue weighted by Crippen LogP contribution is 2.33. The predicted octanol–water partition coefficient (Wildman–Crippen LogP) is 7.19. The summed E-state index contributed by atoms with van der Waals surface area (Å²) in [4.78, 5) is 13.0. The minimum absolute atomic E-state index is 0.0835. The third kappa shape index (κ3) is 2.76. The first-order valence-corrected chi connectivity index (χ1v) is 10.3. The number of furan rings is 1. The van der Waals surface area contributed by atoms with Crippen molar-refractivity contribution in [1.29, 1.82) is 0 Å². The highest BCUT2D eigenvalue weighted by molar-refractivity contribution is 6.28. The molecule has 0 N–H and O–H groups in total. The number of fused-ring (bicyclic) bond motifs is 6. The molecule has 0 amide bonds. The third-order valence-corrected chi connectivity index (χ3v) is 5.63. The van der Waals surface area contributed by atoms with Crippen molar-refractivity contribution in [3.63, 3.8) is 0 Å². The van der Waals surface area contributed by atoms with Gasteiger partial charge in [0.05, 0.1) is 22.0 Å². The highest BCUT2D eigenvalue weighted by Gasteiger charge is 2.17. The van der Waals surface area contributed by atoms with Gasteiger partial charge in [0.15, 0.2) is 5.82 Å². The Morgan fingerprint density at radius 3 is 2.21 bits per heavy atom. The van der Waals surface area contributed by atoms with Crippen molar-refractivity contribution in [2.24, 2.45) is 0 Å². The van der Waals surface area contributed by atoms with Crippen molar-refractivity contribution in [2.75, 3.05) is 0 Å². The fourth-order valence-electron chi connectivity index (χ4n) is 4.05. The minimum Gasteiger partial charge on any atom is -0.456 e. The molecule has 5 nitrogen and oxygen atoms in total. The summed E-state index contributed by atoms with van der Waals surface area (Å²) in [6.45, 7) is 0. The topological polar surface area (TPSA) is 56.7 Å². The summed E-state index contributed by atoms with van der Waals surface area (Å²) < 4.78 is 74.6. The molecule has 0 radical (unpaired) electrons. The number of hydrogen-bond donors (Lipinski definition) is 0. The van der Waals surface area contributed by atoms with Crippen LogP contribution in [0.15, 0.2) is 95.2 Å². The maximum absolute atomic E-state index is 8.67. The van der Waals surface area contributed by atoms with E-state index in [1.165, 1.54) is 4.57 Å². The van der Waals surface area contributed by atoms with Gasteiger partial charge in [-0.15, -0.1) is 0 Å². The Bertz CT molecular complexity index is 2200. The van der Waals surface area contributed by atoms with Gasteiger partial charge in [0.25, 0.3) is 0 Å². The van der Waals surface area contributed by atoms with Gasteiger partial charge < -0.3 is 4.42 Å². The first-order chi connectivity index (χ1) is 19.6. The fourth-order valence-corrected chi connectivity index (χ4v) is 4.21. The molecule has 0 saturated heterocycles. The van der Waals surface area contributed by atoms with Gasteiger partial charge in [-0.2, -0.15) is 15.0 Å². The van der Waals surface area contributed by atoms with E-state index in [0.29, 0.717) is 16.7 Å². The van der Waals surface area contributed by atoms with Gasteiger partial charge in [0.1, 0.15) is 11.2 Å². The van der Waals surface area contributed by atoms with Crippen molar-refractivity contribution >= 4 is 55.3 Å². The van der Waals surface area contributed by atoms with Gasteiger partial charge in [0, 0.05) is 27.1 Å². The summed E-state index contributed by atoms with van der Waals surface area (Å²) in [6, 6.07) is 8.99. The van der Waals surface area contributed by atoms with Gasteiger partial charge in [-0.05, 0) is 41.9 Å². The van der Waals surface area contributed by atoms with E-state index >= 15 is 0 Å². The van der Waals surface area contributed by atoms with Crippen molar-refractivity contribution in [3.8, 4) is 17.3 Å². The number of nitrogens with zero attached hydrogens (tertiary/aromatic N) is 4. The van der Waals surface area contributed by atoms with E-state index in [1.807, 2.05) is 30.3 Å². The van der Waals surface area contributed by atoms with Gasteiger partial charge in [-0.25, -0.2) is 0 Å². The standard InChI is InChI=1S/C27H15ClN4O/c28-26-29-25(16-13-14-20-19-9-3-6-12-23(19)33-24(20)15-16)30-27(31-26)32-21-10-4-1-7-17(21)18-8-2-5-11-22(18)32/h1-15H/i1D,2D,4D,5D,7D,8D,10D,11D. The van der Waals surface area contributed by atoms with E-state index in [1.54, 1.807) is 12.1 Å². The summed E-state index contributed by atoms with van der Waals surface area (Å²) >= 11 is 6.36. The van der Waals surface area contributed by atoms with Crippen LogP contribution in [-0.2, 0) is 0 Å². The number of benzene rings is 4. The highest BCUT2D eigenvalue weighted by atomic mass is 35.5. The van der Waals surface area contributed by atoms with Crippen molar-refractivity contribution in [1.82, 2.24) is 19.5 Å². The summed E-state index contributed by atoms with van der Waals surface area (Å²) in [5.74, 6) is -0.0567. The van der Waals surface area contributed by atoms with Crippen LogP contribution in [0.5, 0.6) is 0 Å². The number of aromatic nitrogens is 4. The molecule has 7 rings (SSSR count). The lowest BCUT2D eigenvalue weighted by molar-refractivity contribution is 0.669. The van der Waals surface area contributed by atoms with Crippen LogP contribution in [0.4, 0.5) is 0 Å². The molecule has 0 aliphatic rings. The van der Waals surface area contributed by atoms with Gasteiger partial charge in [-0.3, -0.25) is 4.57 Å². The Morgan fingerprint density at radius 2 is 1.42 bits per heavy atom. The molecule has 0 bridgehead atoms. The molecule has 0 fully saturated rings. The molecule has 0 atom stereocenters. The molecule has 0 spiro atoms. The average molecular weight is 455 g/mol. The molecule has 0 aliphatic heterocycles. The van der Waals surface area contributed by atoms with Crippen LogP contribution < -0.4 is 0 Å². The monoisotopic (exact) mass is 454 g/mol. The molecule has 7 aromatic rings. The summed E-state index contributed by atoms with van der Waals surface area (Å²) in [5.41, 5.74) is 1.59. The van der Waals surface area contributed by atoms with E-state index in [0.717, 1.165) is 10.8 Å². The number of para-hydroxylation sites is 3. The largest absolute Gasteiger partial charge is 0.456 e. The van der Waals surface area contributed by atoms with Crippen LogP contribution in [0.25, 0.3) is 61.1 Å². The number of rotatable bonds is 2. The minimum atomic E-state index is -0.544. The van der Waals surface area contributed by atoms with E-state index in [2.05, 4.69) is 15.0 Å². The van der Waals surface area contributed by atoms with Crippen LogP contribution in [0, 0.1) is 0 Å². The third-order valence-electron chi connectivity index (χ3n) is 5.47. The molecule has 33 heavy (non-hydrogen) atoms. The molecule has 3 heterocycles. The quantitative estimate of drug-likeness (QED) is 0.277. The Balaban J connectivity index is 1.58. The first kappa shape index (κ1) is 12.1. The van der Waals surface area contributed by atoms with Crippen LogP contribution in [-0.4, -0.2) is 19.5 Å². The lowest BCUT2D eigenvalue weighted by Crippen LogP contribution is -2.04. The number of hydrogen-bond acceptors (Lipinski definition) is 4. The first-order valence-electron chi connectivity index (χ1n) is 13.9. The molecule has 0 unspecified atom stereocenters. The Morgan fingerprint density at radius 1 is 0.727 bits per heavy atom. The lowest BCUT2D eigenvalue weighted by Gasteiger charge is -2.08. The molecule has 4 aromatic carbocycles. The summed E-state index contributed by atoms with van der Waals surface area (Å²) in [7, 11) is 0. The molecule has 0 saturated carbocycles. The Kier molecular flexibility index (Phi) is 2.53. The molecule has 156 valence electrons. The summed E-state index contributed by atoms with van der Waals surface area (Å²) in [6.07, 6.45) is 0. The van der Waals surface area contributed by atoms with Crippen LogP contribution >= 0.6 is 11.6 Å². The Labute approximate surface area is 204 Å². The lowest BCUT2D eigenvalue weighted by atomic mass is 10.1. The summed E-state index contributed by atoms with van der Waals surface area (Å²) in [5, 5.41) is 1.43. The van der Waals surface area contributed by atoms with Crippen LogP contribution in [0.2, 0.25) is 5.28 Å². The fraction of sp³-hybridized carbons (Fsp3) is 0. The van der Waals surface area contributed by atoms with E-state index in [9.17, 15) is 0 Å². The van der Waals surface area contributed by atoms with E-state index in [-0.39, 0.29) is 38.9 Å². The SMILES string of the molecule is [2H]c1c([2H])c([2H])c2c(c1[2H])c1c([2H])c([2H])c([2H])c([2H])c1n2-c1nc(Cl)nc(-c2ccc3c(c2)oc2ccccc23)n1. The van der Waals surface area contributed by atoms with Crippen molar-refractivity contribution in [3.05, 3.63) is 96.1 Å². The second kappa shape index (κ2) is 6.89. The van der Waals surface area contributed by atoms with E-state index < -0.39 is 48.3 Å². The average Bonchev–Trinajstić information content (AvgIpc) is 3.52. The maximum Gasteiger partial charge on any atom is 0.239 e. The molecule has 0 aliphatic carbocycles. The molecular weight excluding hydrogens is 432 g/mol. The maximum atomic E-state index is 8.67. The van der Waals surface area contributed by atoms with Gasteiger partial charge in [0.2, 0.25) is 11.2 Å². The van der Waals surface area contributed by atoms with Crippen molar-refractivity contribution in [2.45, 2.75) is 0 Å². The number of halogens is 1. The van der Waals surface area contributed by atoms with Crippen LogP contribution in [0.3, 0.4) is 0 Å². The zero-order valence-electron chi connectivity index (χ0n) is 24.6. The van der Waals surface area contributed by atoms with Gasteiger partial charge >= 0.3 is 0 Å². The molecular formula is C27H15ClN4O. The van der Waals surface area contributed by atoms with Gasteiger partial charge in [-0.1, -0.05) is 60.5 Å². The Hall–Kier alpha value is -4.22. The van der Waals surface area contributed by atoms with Crippen molar-refractivity contribution < 1.29 is 15.4 Å². The smallest absolute Gasteiger partial charge is 0.239 e. The normalized spacial score (nSPS) is 15.2. The van der Waals surface area contributed by atoms with E-state index in [4.69, 9.17) is 27.0 Å². The second-order valence-corrected chi connectivity index (χ2v) is 7.66.